The second kappa shape index (κ2) is 4.04. The van der Waals surface area contributed by atoms with Crippen molar-refractivity contribution in [1.29, 1.82) is 0 Å². The molecule has 10 heavy (non-hydrogen) atoms. The molecule has 1 radical (unpaired) electrons. The van der Waals surface area contributed by atoms with Crippen molar-refractivity contribution in [3.8, 4) is 0 Å². The van der Waals surface area contributed by atoms with Crippen LogP contribution in [0.1, 0.15) is 10.5 Å². The topological polar surface area (TPSA) is 50.2 Å². The number of hydrogen-bond donors (Lipinski definition) is 1. The maximum atomic E-state index is 10.1. The third-order valence-corrected chi connectivity index (χ3v) is 0.884. The standard InChI is InChI=1S/C6H5NO2.Cu/c8-6(9)5-3-1-2-4-7-5;/h1-4H,(H,8,9);. The van der Waals surface area contributed by atoms with Crippen LogP contribution in [-0.2, 0) is 17.1 Å². The predicted octanol–water partition coefficient (Wildman–Crippen LogP) is 0.777. The van der Waals surface area contributed by atoms with E-state index < -0.39 is 5.97 Å². The molecule has 1 rings (SSSR count). The summed E-state index contributed by atoms with van der Waals surface area (Å²) in [6, 6.07) is 4.76. The van der Waals surface area contributed by atoms with Crippen molar-refractivity contribution in [2.75, 3.05) is 0 Å². The summed E-state index contributed by atoms with van der Waals surface area (Å²) in [5.74, 6) is -0.990. The molecule has 0 unspecified atom stereocenters. The van der Waals surface area contributed by atoms with E-state index in [0.717, 1.165) is 0 Å². The van der Waals surface area contributed by atoms with Gasteiger partial charge in [-0.05, 0) is 12.1 Å². The number of carbonyl (C=O) groups is 1. The summed E-state index contributed by atoms with van der Waals surface area (Å²) in [4.78, 5) is 13.7. The molecule has 57 valence electrons. The molecule has 0 aliphatic carbocycles. The van der Waals surface area contributed by atoms with Crippen LogP contribution in [0.3, 0.4) is 0 Å². The summed E-state index contributed by atoms with van der Waals surface area (Å²) in [5, 5.41) is 8.32. The molecule has 0 saturated heterocycles. The number of carboxylic acid groups (broad SMARTS) is 1. The van der Waals surface area contributed by atoms with Crippen molar-refractivity contribution in [2.24, 2.45) is 0 Å². The van der Waals surface area contributed by atoms with Gasteiger partial charge in [0.2, 0.25) is 0 Å². The molecule has 3 nitrogen and oxygen atoms in total. The maximum absolute atomic E-state index is 10.1. The zero-order valence-electron chi connectivity index (χ0n) is 4.91. The third kappa shape index (κ3) is 2.17. The minimum Gasteiger partial charge on any atom is -0.477 e. The fourth-order valence-corrected chi connectivity index (χ4v) is 0.489. The van der Waals surface area contributed by atoms with E-state index in [2.05, 4.69) is 4.98 Å². The van der Waals surface area contributed by atoms with E-state index in [9.17, 15) is 4.79 Å². The number of rotatable bonds is 1. The molecule has 0 bridgehead atoms. The van der Waals surface area contributed by atoms with Crippen molar-refractivity contribution in [1.82, 2.24) is 4.98 Å². The van der Waals surface area contributed by atoms with E-state index in [0.29, 0.717) is 0 Å². The Hall–Kier alpha value is -0.861. The van der Waals surface area contributed by atoms with Crippen LogP contribution < -0.4 is 0 Å². The average Bonchev–Trinajstić information content (AvgIpc) is 1.90. The van der Waals surface area contributed by atoms with E-state index in [-0.39, 0.29) is 22.8 Å². The van der Waals surface area contributed by atoms with Gasteiger partial charge in [-0.25, -0.2) is 9.78 Å². The molecular weight excluding hydrogens is 182 g/mol. The minimum absolute atomic E-state index is 0. The molecule has 4 heteroatoms. The Morgan fingerprint density at radius 2 is 2.20 bits per heavy atom. The van der Waals surface area contributed by atoms with Crippen LogP contribution in [0.2, 0.25) is 0 Å². The molecule has 0 aliphatic heterocycles. The van der Waals surface area contributed by atoms with Gasteiger partial charge in [0, 0.05) is 23.3 Å². The van der Waals surface area contributed by atoms with Gasteiger partial charge >= 0.3 is 5.97 Å². The van der Waals surface area contributed by atoms with Crippen molar-refractivity contribution in [3.05, 3.63) is 30.1 Å². The zero-order valence-corrected chi connectivity index (χ0v) is 5.86. The van der Waals surface area contributed by atoms with Gasteiger partial charge in [0.05, 0.1) is 0 Å². The Bertz CT molecular complexity index is 212. The summed E-state index contributed by atoms with van der Waals surface area (Å²) in [5.41, 5.74) is 0.0810. The first kappa shape index (κ1) is 9.14. The Labute approximate surface area is 68.6 Å². The molecule has 0 amide bonds. The molecule has 1 heterocycles. The van der Waals surface area contributed by atoms with Crippen LogP contribution in [0.4, 0.5) is 0 Å². The van der Waals surface area contributed by atoms with Crippen LogP contribution in [0, 0.1) is 0 Å². The average molecular weight is 187 g/mol. The summed E-state index contributed by atoms with van der Waals surface area (Å²) in [6.07, 6.45) is 1.45. The van der Waals surface area contributed by atoms with Gasteiger partial charge in [-0.1, -0.05) is 6.07 Å². The first-order valence-corrected chi connectivity index (χ1v) is 2.45. The van der Waals surface area contributed by atoms with Crippen LogP contribution in [0.15, 0.2) is 24.4 Å². The summed E-state index contributed by atoms with van der Waals surface area (Å²) < 4.78 is 0. The SMILES string of the molecule is O=C(O)c1ccccn1.[Cu]. The van der Waals surface area contributed by atoms with E-state index in [1.807, 2.05) is 0 Å². The van der Waals surface area contributed by atoms with Crippen LogP contribution in [0.5, 0.6) is 0 Å². The third-order valence-electron chi connectivity index (χ3n) is 0.884. The zero-order chi connectivity index (χ0) is 6.69. The van der Waals surface area contributed by atoms with E-state index in [1.54, 1.807) is 12.1 Å². The van der Waals surface area contributed by atoms with Crippen LogP contribution >= 0.6 is 0 Å². The summed E-state index contributed by atoms with van der Waals surface area (Å²) >= 11 is 0. The Kier molecular flexibility index (Phi) is 3.69. The molecule has 0 spiro atoms. The van der Waals surface area contributed by atoms with E-state index in [4.69, 9.17) is 5.11 Å². The second-order valence-corrected chi connectivity index (χ2v) is 1.52. The number of pyridine rings is 1. The molecule has 0 aromatic carbocycles. The maximum Gasteiger partial charge on any atom is 0.354 e. The Balaban J connectivity index is 0.000000810. The second-order valence-electron chi connectivity index (χ2n) is 1.52. The van der Waals surface area contributed by atoms with Gasteiger partial charge in [-0.15, -0.1) is 0 Å². The largest absolute Gasteiger partial charge is 0.477 e. The molecule has 1 aromatic rings. The van der Waals surface area contributed by atoms with Crippen LogP contribution in [0.25, 0.3) is 0 Å². The van der Waals surface area contributed by atoms with Gasteiger partial charge in [0.15, 0.2) is 0 Å². The van der Waals surface area contributed by atoms with E-state index in [1.165, 1.54) is 12.3 Å². The van der Waals surface area contributed by atoms with Gasteiger partial charge in [0.1, 0.15) is 5.69 Å². The van der Waals surface area contributed by atoms with Gasteiger partial charge in [-0.2, -0.15) is 0 Å². The quantitative estimate of drug-likeness (QED) is 0.660. The first-order valence-electron chi connectivity index (χ1n) is 2.45. The van der Waals surface area contributed by atoms with Crippen molar-refractivity contribution < 1.29 is 27.0 Å². The smallest absolute Gasteiger partial charge is 0.354 e. The number of carboxylic acids is 1. The molecular formula is C6H5CuNO2. The fourth-order valence-electron chi connectivity index (χ4n) is 0.489. The minimum atomic E-state index is -0.990. The molecule has 0 atom stereocenters. The van der Waals surface area contributed by atoms with Crippen molar-refractivity contribution in [3.63, 3.8) is 0 Å². The predicted molar refractivity (Wildman–Crippen MR) is 31.2 cm³/mol. The van der Waals surface area contributed by atoms with Gasteiger partial charge in [0.25, 0.3) is 0 Å². The number of hydrogen-bond acceptors (Lipinski definition) is 2. The molecule has 1 N–H and O–H groups in total. The summed E-state index contributed by atoms with van der Waals surface area (Å²) in [6.45, 7) is 0. The van der Waals surface area contributed by atoms with E-state index >= 15 is 0 Å². The summed E-state index contributed by atoms with van der Waals surface area (Å²) in [7, 11) is 0. The molecule has 0 saturated carbocycles. The number of aromatic carboxylic acids is 1. The number of nitrogens with zero attached hydrogens (tertiary/aromatic N) is 1. The van der Waals surface area contributed by atoms with Gasteiger partial charge < -0.3 is 5.11 Å². The molecule has 0 fully saturated rings. The fraction of sp³-hybridized carbons (Fsp3) is 0. The molecule has 0 aliphatic rings. The number of aromatic nitrogens is 1. The van der Waals surface area contributed by atoms with Crippen LogP contribution in [-0.4, -0.2) is 16.1 Å². The molecule has 1 aromatic heterocycles. The Morgan fingerprint density at radius 1 is 1.50 bits per heavy atom. The van der Waals surface area contributed by atoms with Crippen molar-refractivity contribution >= 4 is 5.97 Å². The van der Waals surface area contributed by atoms with Gasteiger partial charge in [-0.3, -0.25) is 0 Å². The Morgan fingerprint density at radius 3 is 2.50 bits per heavy atom. The van der Waals surface area contributed by atoms with Crippen molar-refractivity contribution in [2.45, 2.75) is 0 Å². The normalized spacial score (nSPS) is 8.00. The monoisotopic (exact) mass is 186 g/mol. The first-order chi connectivity index (χ1) is 4.30.